The van der Waals surface area contributed by atoms with Crippen LogP contribution in [-0.4, -0.2) is 28.2 Å². The number of hydrogen-bond donors (Lipinski definition) is 1. The summed E-state index contributed by atoms with van der Waals surface area (Å²) in [5, 5.41) is 3.03. The molecule has 1 saturated carbocycles. The van der Waals surface area contributed by atoms with Crippen molar-refractivity contribution < 1.29 is 4.79 Å². The lowest BCUT2D eigenvalue weighted by Crippen LogP contribution is -2.46. The molecule has 4 aliphatic rings. The number of rotatable bonds is 2. The topological polar surface area (TPSA) is 41.5 Å². The van der Waals surface area contributed by atoms with E-state index < -0.39 is 0 Å². The summed E-state index contributed by atoms with van der Waals surface area (Å²) in [4.78, 5) is 17.7. The van der Waals surface area contributed by atoms with Gasteiger partial charge in [0.2, 0.25) is 5.91 Å². The maximum Gasteiger partial charge on any atom is 0.236 e. The first-order chi connectivity index (χ1) is 11.8. The molecule has 0 bridgehead atoms. The standard InChI is InChI=1S/C20H24N2OS.ClH/c1-2-21-19(23)17-15-11-13-22-16-10-6-7-12-20(15,16)24-18(17)14-8-4-3-5-9-14;/h1,6-7,10,12,14-15,17-18H,3-5,8-9,11,13H2,(H,21,23);1H. The van der Waals surface area contributed by atoms with Crippen LogP contribution in [0.2, 0.25) is 0 Å². The summed E-state index contributed by atoms with van der Waals surface area (Å²) in [5.41, 5.74) is 1.16. The van der Waals surface area contributed by atoms with E-state index in [0.29, 0.717) is 17.1 Å². The van der Waals surface area contributed by atoms with Crippen LogP contribution < -0.4 is 5.32 Å². The number of carbonyl (C=O) groups is 1. The fourth-order valence-electron chi connectivity index (χ4n) is 5.09. The van der Waals surface area contributed by atoms with Gasteiger partial charge in [0, 0.05) is 17.8 Å². The minimum Gasteiger partial charge on any atom is -0.288 e. The highest BCUT2D eigenvalue weighted by atomic mass is 35.5. The van der Waals surface area contributed by atoms with Gasteiger partial charge < -0.3 is 0 Å². The van der Waals surface area contributed by atoms with Crippen LogP contribution in [0.3, 0.4) is 0 Å². The normalized spacial score (nSPS) is 36.4. The molecule has 4 rings (SSSR count). The average Bonchev–Trinajstić information content (AvgIpc) is 2.96. The fourth-order valence-corrected chi connectivity index (χ4v) is 7.31. The van der Waals surface area contributed by atoms with Crippen LogP contribution in [0, 0.1) is 30.2 Å². The molecule has 5 heteroatoms. The average molecular weight is 377 g/mol. The largest absolute Gasteiger partial charge is 0.288 e. The summed E-state index contributed by atoms with van der Waals surface area (Å²) in [6, 6.07) is 2.36. The lowest BCUT2D eigenvalue weighted by molar-refractivity contribution is -0.125. The summed E-state index contributed by atoms with van der Waals surface area (Å²) < 4.78 is -0.119. The lowest BCUT2D eigenvalue weighted by Gasteiger charge is -2.38. The molecule has 0 aromatic rings. The Morgan fingerprint density at radius 3 is 2.84 bits per heavy atom. The molecule has 2 aliphatic carbocycles. The van der Waals surface area contributed by atoms with Crippen LogP contribution in [0.25, 0.3) is 0 Å². The maximum absolute atomic E-state index is 12.9. The Hall–Kier alpha value is -1.18. The summed E-state index contributed by atoms with van der Waals surface area (Å²) >= 11 is 2.00. The van der Waals surface area contributed by atoms with Crippen LogP contribution in [0.15, 0.2) is 29.3 Å². The number of nitrogens with one attached hydrogen (secondary N) is 1. The zero-order valence-corrected chi connectivity index (χ0v) is 16.0. The predicted molar refractivity (Wildman–Crippen MR) is 107 cm³/mol. The number of nitrogens with zero attached hydrogens (tertiary/aromatic N) is 1. The maximum atomic E-state index is 12.9. The highest BCUT2D eigenvalue weighted by Gasteiger charge is 2.59. The van der Waals surface area contributed by atoms with Gasteiger partial charge in [0.25, 0.3) is 0 Å². The van der Waals surface area contributed by atoms with Crippen molar-refractivity contribution in [3.8, 4) is 12.5 Å². The van der Waals surface area contributed by atoms with E-state index in [0.717, 1.165) is 18.7 Å². The summed E-state index contributed by atoms with van der Waals surface area (Å²) in [6.45, 7) is 0.817. The van der Waals surface area contributed by atoms with E-state index in [2.05, 4.69) is 35.7 Å². The first kappa shape index (κ1) is 18.6. The van der Waals surface area contributed by atoms with E-state index >= 15 is 0 Å². The number of allylic oxidation sites excluding steroid dienone is 3. The summed E-state index contributed by atoms with van der Waals surface area (Å²) in [6.07, 6.45) is 21.4. The fraction of sp³-hybridized carbons (Fsp3) is 0.600. The third kappa shape index (κ3) is 3.06. The van der Waals surface area contributed by atoms with Gasteiger partial charge in [-0.3, -0.25) is 15.1 Å². The molecule has 2 fully saturated rings. The molecule has 1 saturated heterocycles. The third-order valence-corrected chi connectivity index (χ3v) is 8.10. The first-order valence-electron chi connectivity index (χ1n) is 9.10. The second-order valence-electron chi connectivity index (χ2n) is 7.31. The Morgan fingerprint density at radius 1 is 1.28 bits per heavy atom. The number of terminal acetylenes is 1. The van der Waals surface area contributed by atoms with Crippen molar-refractivity contribution >= 4 is 35.8 Å². The van der Waals surface area contributed by atoms with Gasteiger partial charge in [-0.05, 0) is 37.2 Å². The monoisotopic (exact) mass is 376 g/mol. The minimum absolute atomic E-state index is 0. The van der Waals surface area contributed by atoms with E-state index in [1.807, 2.05) is 11.8 Å². The van der Waals surface area contributed by atoms with Crippen LogP contribution in [0.5, 0.6) is 0 Å². The Morgan fingerprint density at radius 2 is 2.08 bits per heavy atom. The molecule has 134 valence electrons. The van der Waals surface area contributed by atoms with E-state index in [-0.39, 0.29) is 29.0 Å². The second-order valence-corrected chi connectivity index (χ2v) is 8.77. The molecule has 4 atom stereocenters. The van der Waals surface area contributed by atoms with E-state index in [4.69, 9.17) is 11.4 Å². The number of aliphatic imine (C=N–C) groups is 1. The van der Waals surface area contributed by atoms with Gasteiger partial charge in [0.15, 0.2) is 0 Å². The highest BCUT2D eigenvalue weighted by molar-refractivity contribution is 8.02. The molecule has 3 nitrogen and oxygen atoms in total. The Kier molecular flexibility index (Phi) is 5.65. The van der Waals surface area contributed by atoms with E-state index in [1.165, 1.54) is 32.1 Å². The van der Waals surface area contributed by atoms with Crippen LogP contribution in [0.4, 0.5) is 0 Å². The SMILES string of the molecule is C#CNC(=O)C1C(C2CCCCC2)SC23C=CC=CC2=NCCC13.Cl. The van der Waals surface area contributed by atoms with E-state index in [9.17, 15) is 4.79 Å². The molecule has 25 heavy (non-hydrogen) atoms. The van der Waals surface area contributed by atoms with Crippen molar-refractivity contribution in [3.05, 3.63) is 24.3 Å². The van der Waals surface area contributed by atoms with Gasteiger partial charge in [0.1, 0.15) is 0 Å². The molecule has 1 N–H and O–H groups in total. The van der Waals surface area contributed by atoms with Crippen molar-refractivity contribution in [1.29, 1.82) is 0 Å². The molecule has 1 amide bonds. The smallest absolute Gasteiger partial charge is 0.236 e. The van der Waals surface area contributed by atoms with Crippen molar-refractivity contribution in [1.82, 2.24) is 5.32 Å². The number of thioether (sulfide) groups is 1. The number of amides is 1. The zero-order chi connectivity index (χ0) is 16.6. The molecule has 0 aromatic heterocycles. The zero-order valence-electron chi connectivity index (χ0n) is 14.3. The molecule has 2 heterocycles. The van der Waals surface area contributed by atoms with Gasteiger partial charge >= 0.3 is 0 Å². The third-order valence-electron chi connectivity index (χ3n) is 6.11. The van der Waals surface area contributed by atoms with Gasteiger partial charge in [-0.2, -0.15) is 0 Å². The predicted octanol–water partition coefficient (Wildman–Crippen LogP) is 3.75. The van der Waals surface area contributed by atoms with Crippen LogP contribution >= 0.6 is 24.2 Å². The molecule has 4 unspecified atom stereocenters. The first-order valence-corrected chi connectivity index (χ1v) is 9.98. The molecule has 2 aliphatic heterocycles. The van der Waals surface area contributed by atoms with Gasteiger partial charge in [-0.25, -0.2) is 0 Å². The van der Waals surface area contributed by atoms with Gasteiger partial charge in [0.05, 0.1) is 16.4 Å². The Bertz CT molecular complexity index is 659. The number of hydrogen-bond acceptors (Lipinski definition) is 3. The van der Waals surface area contributed by atoms with Crippen molar-refractivity contribution in [3.63, 3.8) is 0 Å². The highest BCUT2D eigenvalue weighted by Crippen LogP contribution is 2.59. The lowest BCUT2D eigenvalue weighted by atomic mass is 9.69. The summed E-state index contributed by atoms with van der Waals surface area (Å²) in [5.74, 6) is 0.969. The van der Waals surface area contributed by atoms with Gasteiger partial charge in [-0.1, -0.05) is 43.9 Å². The van der Waals surface area contributed by atoms with Crippen LogP contribution in [-0.2, 0) is 4.79 Å². The molecule has 1 spiro atoms. The van der Waals surface area contributed by atoms with Crippen LogP contribution in [0.1, 0.15) is 38.5 Å². The number of halogens is 1. The molecular formula is C20H25ClN2OS. The van der Waals surface area contributed by atoms with Gasteiger partial charge in [-0.15, -0.1) is 24.2 Å². The van der Waals surface area contributed by atoms with Crippen molar-refractivity contribution in [2.75, 3.05) is 6.54 Å². The molecule has 0 radical (unpaired) electrons. The minimum atomic E-state index is -0.119. The van der Waals surface area contributed by atoms with E-state index in [1.54, 1.807) is 0 Å². The summed E-state index contributed by atoms with van der Waals surface area (Å²) in [7, 11) is 0. The number of carbonyl (C=O) groups excluding carboxylic acids is 1. The molecular weight excluding hydrogens is 352 g/mol. The Balaban J connectivity index is 0.00000182. The van der Waals surface area contributed by atoms with Crippen molar-refractivity contribution in [2.45, 2.75) is 48.5 Å². The second kappa shape index (κ2) is 7.60. The molecule has 0 aromatic carbocycles. The Labute approximate surface area is 160 Å². The van der Waals surface area contributed by atoms with Crippen molar-refractivity contribution in [2.24, 2.45) is 22.7 Å². The quantitative estimate of drug-likeness (QED) is 0.589.